The van der Waals surface area contributed by atoms with Gasteiger partial charge in [0, 0.05) is 38.9 Å². The molecule has 2 fully saturated rings. The molecule has 2 saturated heterocycles. The Balaban J connectivity index is 1.45. The molecule has 0 aromatic heterocycles. The number of imide groups is 1. The molecule has 0 bridgehead atoms. The quantitative estimate of drug-likeness (QED) is 0.471. The number of piperidine rings is 1. The van der Waals surface area contributed by atoms with Gasteiger partial charge >= 0.3 is 6.03 Å². The van der Waals surface area contributed by atoms with Crippen LogP contribution in [0, 0.1) is 0 Å². The number of methoxy groups -OCH3 is 3. The zero-order valence-electron chi connectivity index (χ0n) is 21.3. The van der Waals surface area contributed by atoms with E-state index in [1.807, 2.05) is 48.5 Å². The van der Waals surface area contributed by atoms with E-state index in [1.54, 1.807) is 26.2 Å². The van der Waals surface area contributed by atoms with Gasteiger partial charge in [0.05, 0.1) is 27.4 Å². The number of benzene rings is 2. The second kappa shape index (κ2) is 11.6. The maximum atomic E-state index is 13.7. The molecule has 1 spiro atoms. The summed E-state index contributed by atoms with van der Waals surface area (Å²) in [6, 6.07) is 15.1. The van der Waals surface area contributed by atoms with Gasteiger partial charge in [0.15, 0.2) is 0 Å². The molecule has 0 unspecified atom stereocenters. The molecular formula is C28H35N3O5. The summed E-state index contributed by atoms with van der Waals surface area (Å²) in [7, 11) is 4.88. The smallest absolute Gasteiger partial charge is 0.328 e. The summed E-state index contributed by atoms with van der Waals surface area (Å²) in [5.74, 6) is 1.42. The van der Waals surface area contributed by atoms with E-state index in [0.29, 0.717) is 31.7 Å². The molecule has 0 radical (unpaired) electrons. The number of likely N-dealkylation sites (tertiary alicyclic amines) is 1. The van der Waals surface area contributed by atoms with Crippen LogP contribution >= 0.6 is 0 Å². The number of rotatable bonds is 10. The molecule has 8 nitrogen and oxygen atoms in total. The first-order valence-electron chi connectivity index (χ1n) is 12.3. The maximum Gasteiger partial charge on any atom is 0.328 e. The van der Waals surface area contributed by atoms with E-state index < -0.39 is 5.54 Å². The van der Waals surface area contributed by atoms with E-state index in [4.69, 9.17) is 14.2 Å². The second-order valence-electron chi connectivity index (χ2n) is 9.15. The van der Waals surface area contributed by atoms with Crippen LogP contribution in [0.3, 0.4) is 0 Å². The van der Waals surface area contributed by atoms with Crippen molar-refractivity contribution in [2.45, 2.75) is 24.9 Å². The van der Waals surface area contributed by atoms with Gasteiger partial charge in [-0.05, 0) is 36.6 Å². The monoisotopic (exact) mass is 493 g/mol. The molecule has 2 heterocycles. The van der Waals surface area contributed by atoms with Crippen LogP contribution in [0.15, 0.2) is 54.6 Å². The van der Waals surface area contributed by atoms with Crippen LogP contribution in [0.25, 0.3) is 6.08 Å². The van der Waals surface area contributed by atoms with Crippen LogP contribution in [0.4, 0.5) is 4.79 Å². The number of hydrogen-bond donors (Lipinski definition) is 0. The molecule has 8 heteroatoms. The second-order valence-corrected chi connectivity index (χ2v) is 9.15. The lowest BCUT2D eigenvalue weighted by atomic mass is 9.85. The Hall–Kier alpha value is -3.36. The standard InChI is InChI=1S/C28H35N3O5/c1-34-19-18-31-27(33)30(21-22-8-6-11-24(20-22)35-2)26(32)28(31)13-16-29(17-14-28)15-7-10-23-9-4-5-12-25(23)36-3/h4-12,20H,13-19,21H2,1-3H3. The number of ether oxygens (including phenoxy) is 3. The van der Waals surface area contributed by atoms with E-state index in [2.05, 4.69) is 17.1 Å². The van der Waals surface area contributed by atoms with Gasteiger partial charge in [0.2, 0.25) is 0 Å². The molecule has 2 aliphatic rings. The summed E-state index contributed by atoms with van der Waals surface area (Å²) in [5.41, 5.74) is 1.07. The summed E-state index contributed by atoms with van der Waals surface area (Å²) in [6.45, 7) is 3.23. The topological polar surface area (TPSA) is 71.6 Å². The third-order valence-corrected chi connectivity index (χ3v) is 7.10. The van der Waals surface area contributed by atoms with E-state index >= 15 is 0 Å². The van der Waals surface area contributed by atoms with Crippen LogP contribution in [0.5, 0.6) is 11.5 Å². The van der Waals surface area contributed by atoms with Crippen LogP contribution < -0.4 is 9.47 Å². The summed E-state index contributed by atoms with van der Waals surface area (Å²) in [6.07, 6.45) is 5.38. The average molecular weight is 494 g/mol. The van der Waals surface area contributed by atoms with Gasteiger partial charge in [-0.2, -0.15) is 0 Å². The van der Waals surface area contributed by atoms with E-state index in [0.717, 1.165) is 36.5 Å². The van der Waals surface area contributed by atoms with Gasteiger partial charge in [-0.3, -0.25) is 14.6 Å². The number of carbonyl (C=O) groups excluding carboxylic acids is 2. The molecule has 2 aromatic carbocycles. The summed E-state index contributed by atoms with van der Waals surface area (Å²) < 4.78 is 16.0. The largest absolute Gasteiger partial charge is 0.497 e. The van der Waals surface area contributed by atoms with Crippen molar-refractivity contribution in [3.63, 3.8) is 0 Å². The van der Waals surface area contributed by atoms with E-state index in [-0.39, 0.29) is 18.5 Å². The molecule has 2 aromatic rings. The minimum atomic E-state index is -0.822. The number of hydrogen-bond acceptors (Lipinski definition) is 6. The zero-order valence-corrected chi connectivity index (χ0v) is 21.3. The zero-order chi connectivity index (χ0) is 25.5. The Labute approximate surface area is 213 Å². The Morgan fingerprint density at radius 3 is 2.47 bits per heavy atom. The molecule has 192 valence electrons. The van der Waals surface area contributed by atoms with Gasteiger partial charge in [-0.1, -0.05) is 42.5 Å². The first-order chi connectivity index (χ1) is 17.5. The lowest BCUT2D eigenvalue weighted by Gasteiger charge is -2.42. The minimum absolute atomic E-state index is 0.115. The van der Waals surface area contributed by atoms with Gasteiger partial charge in [-0.15, -0.1) is 0 Å². The van der Waals surface area contributed by atoms with Gasteiger partial charge < -0.3 is 19.1 Å². The van der Waals surface area contributed by atoms with Crippen molar-refractivity contribution in [2.75, 3.05) is 54.1 Å². The van der Waals surface area contributed by atoms with Crippen LogP contribution in [-0.4, -0.2) is 86.3 Å². The van der Waals surface area contributed by atoms with Gasteiger partial charge in [0.25, 0.3) is 5.91 Å². The summed E-state index contributed by atoms with van der Waals surface area (Å²) in [4.78, 5) is 32.6. The Bertz CT molecular complexity index is 1090. The third kappa shape index (κ3) is 5.24. The van der Waals surface area contributed by atoms with Crippen LogP contribution in [0.1, 0.15) is 24.0 Å². The SMILES string of the molecule is COCCN1C(=O)N(Cc2cccc(OC)c2)C(=O)C12CCN(CC=Cc1ccccc1OC)CC2. The highest BCUT2D eigenvalue weighted by molar-refractivity contribution is 6.07. The lowest BCUT2D eigenvalue weighted by Crippen LogP contribution is -2.57. The maximum absolute atomic E-state index is 13.7. The number of urea groups is 1. The predicted octanol–water partition coefficient (Wildman–Crippen LogP) is 3.66. The van der Waals surface area contributed by atoms with E-state index in [9.17, 15) is 9.59 Å². The first kappa shape index (κ1) is 25.7. The molecule has 0 saturated carbocycles. The average Bonchev–Trinajstić information content (AvgIpc) is 3.09. The molecule has 0 atom stereocenters. The molecule has 3 amide bonds. The van der Waals surface area contributed by atoms with Gasteiger partial charge in [0.1, 0.15) is 17.0 Å². The number of para-hydroxylation sites is 1. The predicted molar refractivity (Wildman–Crippen MR) is 138 cm³/mol. The lowest BCUT2D eigenvalue weighted by molar-refractivity contribution is -0.136. The van der Waals surface area contributed by atoms with Crippen molar-refractivity contribution in [2.24, 2.45) is 0 Å². The normalized spacial score (nSPS) is 18.0. The van der Waals surface area contributed by atoms with Crippen molar-refractivity contribution in [3.05, 3.63) is 65.7 Å². The van der Waals surface area contributed by atoms with E-state index in [1.165, 1.54) is 4.90 Å². The highest BCUT2D eigenvalue weighted by Gasteiger charge is 2.57. The Kier molecular flexibility index (Phi) is 8.28. The Morgan fingerprint density at radius 1 is 0.972 bits per heavy atom. The van der Waals surface area contributed by atoms with Crippen molar-refractivity contribution >= 4 is 18.0 Å². The van der Waals surface area contributed by atoms with Crippen LogP contribution in [-0.2, 0) is 16.1 Å². The third-order valence-electron chi connectivity index (χ3n) is 7.10. The summed E-state index contributed by atoms with van der Waals surface area (Å²) >= 11 is 0. The fourth-order valence-electron chi connectivity index (χ4n) is 5.09. The fourth-order valence-corrected chi connectivity index (χ4v) is 5.09. The molecule has 0 aliphatic carbocycles. The molecule has 2 aliphatic heterocycles. The van der Waals surface area contributed by atoms with Gasteiger partial charge in [-0.25, -0.2) is 4.79 Å². The highest BCUT2D eigenvalue weighted by Crippen LogP contribution is 2.38. The fraction of sp³-hybridized carbons (Fsp3) is 0.429. The van der Waals surface area contributed by atoms with Crippen LogP contribution in [0.2, 0.25) is 0 Å². The van der Waals surface area contributed by atoms with Crippen molar-refractivity contribution in [3.8, 4) is 11.5 Å². The van der Waals surface area contributed by atoms with Crippen molar-refractivity contribution in [1.29, 1.82) is 0 Å². The number of nitrogens with zero attached hydrogens (tertiary/aromatic N) is 3. The Morgan fingerprint density at radius 2 is 1.75 bits per heavy atom. The molecule has 36 heavy (non-hydrogen) atoms. The minimum Gasteiger partial charge on any atom is -0.497 e. The summed E-state index contributed by atoms with van der Waals surface area (Å²) in [5, 5.41) is 0. The number of amides is 3. The highest BCUT2D eigenvalue weighted by atomic mass is 16.5. The van der Waals surface area contributed by atoms with Crippen molar-refractivity contribution < 1.29 is 23.8 Å². The first-order valence-corrected chi connectivity index (χ1v) is 12.3. The molecular weight excluding hydrogens is 458 g/mol. The van der Waals surface area contributed by atoms with Crippen molar-refractivity contribution in [1.82, 2.24) is 14.7 Å². The number of carbonyl (C=O) groups is 2. The molecule has 0 N–H and O–H groups in total. The molecule has 4 rings (SSSR count).